The van der Waals surface area contributed by atoms with Gasteiger partial charge in [-0.1, -0.05) is 32.8 Å². The topological polar surface area (TPSA) is 66.5 Å². The number of hydrogen-bond donors (Lipinski definition) is 1. The highest BCUT2D eigenvalue weighted by Crippen LogP contribution is 2.22. The van der Waals surface area contributed by atoms with E-state index in [-0.39, 0.29) is 16.8 Å². The van der Waals surface area contributed by atoms with E-state index >= 15 is 0 Å². The van der Waals surface area contributed by atoms with Gasteiger partial charge >= 0.3 is 0 Å². The Balaban J connectivity index is 2.13. The SMILES string of the molecule is CCCCCNS(=O)(=O)c1cccc(C(=O)N2CCCCC2CC)c1. The number of unbranched alkanes of at least 4 members (excludes halogenated alkanes) is 2. The monoisotopic (exact) mass is 366 g/mol. The number of sulfonamides is 1. The molecule has 6 heteroatoms. The summed E-state index contributed by atoms with van der Waals surface area (Å²) in [7, 11) is -3.57. The van der Waals surface area contributed by atoms with Crippen LogP contribution >= 0.6 is 0 Å². The molecule has 5 nitrogen and oxygen atoms in total. The fraction of sp³-hybridized carbons (Fsp3) is 0.632. The molecule has 0 bridgehead atoms. The summed E-state index contributed by atoms with van der Waals surface area (Å²) in [5.41, 5.74) is 0.455. The number of carbonyl (C=O) groups excluding carboxylic acids is 1. The molecule has 0 spiro atoms. The lowest BCUT2D eigenvalue weighted by Crippen LogP contribution is -2.43. The predicted molar refractivity (Wildman–Crippen MR) is 100 cm³/mol. The minimum Gasteiger partial charge on any atom is -0.336 e. The van der Waals surface area contributed by atoms with Gasteiger partial charge in [0.05, 0.1) is 4.90 Å². The Bertz CT molecular complexity index is 673. The van der Waals surface area contributed by atoms with E-state index in [4.69, 9.17) is 0 Å². The molecule has 1 saturated heterocycles. The zero-order chi connectivity index (χ0) is 18.3. The van der Waals surface area contributed by atoms with E-state index in [1.165, 1.54) is 6.07 Å². The standard InChI is InChI=1S/C19H30N2O3S/c1-3-5-7-13-20-25(23,24)18-12-9-10-16(15-18)19(22)21-14-8-6-11-17(21)4-2/h9-10,12,15,17,20H,3-8,11,13-14H2,1-2H3. The summed E-state index contributed by atoms with van der Waals surface area (Å²) in [5, 5.41) is 0. The summed E-state index contributed by atoms with van der Waals surface area (Å²) in [5.74, 6) is -0.0606. The van der Waals surface area contributed by atoms with Crippen LogP contribution in [0.2, 0.25) is 0 Å². The van der Waals surface area contributed by atoms with Gasteiger partial charge in [-0.05, 0) is 50.3 Å². The average molecular weight is 367 g/mol. The lowest BCUT2D eigenvalue weighted by Gasteiger charge is -2.35. The highest BCUT2D eigenvalue weighted by molar-refractivity contribution is 7.89. The maximum absolute atomic E-state index is 12.9. The third-order valence-electron chi connectivity index (χ3n) is 4.82. The lowest BCUT2D eigenvalue weighted by atomic mass is 9.99. The molecular formula is C19H30N2O3S. The molecule has 1 heterocycles. The van der Waals surface area contributed by atoms with Crippen molar-refractivity contribution in [2.24, 2.45) is 0 Å². The molecule has 1 unspecified atom stereocenters. The molecule has 1 N–H and O–H groups in total. The minimum atomic E-state index is -3.57. The first-order valence-electron chi connectivity index (χ1n) is 9.40. The van der Waals surface area contributed by atoms with Crippen LogP contribution in [-0.2, 0) is 10.0 Å². The molecule has 1 fully saturated rings. The van der Waals surface area contributed by atoms with E-state index in [1.54, 1.807) is 18.2 Å². The highest BCUT2D eigenvalue weighted by Gasteiger charge is 2.27. The lowest BCUT2D eigenvalue weighted by molar-refractivity contribution is 0.0608. The Kier molecular flexibility index (Phi) is 7.44. The summed E-state index contributed by atoms with van der Waals surface area (Å²) < 4.78 is 27.5. The van der Waals surface area contributed by atoms with Crippen LogP contribution in [0.3, 0.4) is 0 Å². The summed E-state index contributed by atoms with van der Waals surface area (Å²) in [6.07, 6.45) is 6.98. The highest BCUT2D eigenvalue weighted by atomic mass is 32.2. The smallest absolute Gasteiger partial charge is 0.254 e. The first kappa shape index (κ1) is 19.9. The van der Waals surface area contributed by atoms with E-state index in [0.29, 0.717) is 12.1 Å². The summed E-state index contributed by atoms with van der Waals surface area (Å²) in [6.45, 7) is 5.35. The maximum Gasteiger partial charge on any atom is 0.254 e. The van der Waals surface area contributed by atoms with Crippen LogP contribution in [0.5, 0.6) is 0 Å². The van der Waals surface area contributed by atoms with Gasteiger partial charge in [0.2, 0.25) is 10.0 Å². The van der Waals surface area contributed by atoms with Gasteiger partial charge in [-0.25, -0.2) is 13.1 Å². The van der Waals surface area contributed by atoms with Gasteiger partial charge in [0.1, 0.15) is 0 Å². The summed E-state index contributed by atoms with van der Waals surface area (Å²) in [4.78, 5) is 14.9. The van der Waals surface area contributed by atoms with E-state index in [0.717, 1.165) is 51.5 Å². The normalized spacial score (nSPS) is 18.3. The van der Waals surface area contributed by atoms with Crippen molar-refractivity contribution in [3.63, 3.8) is 0 Å². The molecule has 1 aliphatic heterocycles. The summed E-state index contributed by atoms with van der Waals surface area (Å²) >= 11 is 0. The number of nitrogens with one attached hydrogen (secondary N) is 1. The van der Waals surface area contributed by atoms with Gasteiger partial charge in [-0.3, -0.25) is 4.79 Å². The van der Waals surface area contributed by atoms with Gasteiger partial charge in [0, 0.05) is 24.7 Å². The Labute approximate surface area is 151 Å². The minimum absolute atomic E-state index is 0.0606. The number of rotatable bonds is 8. The number of likely N-dealkylation sites (tertiary alicyclic amines) is 1. The number of amides is 1. The average Bonchev–Trinajstić information content (AvgIpc) is 2.64. The van der Waals surface area contributed by atoms with E-state index < -0.39 is 10.0 Å². The van der Waals surface area contributed by atoms with Crippen molar-refractivity contribution in [3.05, 3.63) is 29.8 Å². The second kappa shape index (κ2) is 9.34. The molecule has 0 saturated carbocycles. The van der Waals surface area contributed by atoms with Crippen LogP contribution in [0, 0.1) is 0 Å². The number of benzene rings is 1. The summed E-state index contributed by atoms with van der Waals surface area (Å²) in [6, 6.07) is 6.67. The van der Waals surface area contributed by atoms with E-state index in [1.807, 2.05) is 4.90 Å². The molecule has 0 aliphatic carbocycles. The van der Waals surface area contributed by atoms with Crippen LogP contribution < -0.4 is 4.72 Å². The molecule has 1 aromatic rings. The zero-order valence-electron chi connectivity index (χ0n) is 15.3. The fourth-order valence-corrected chi connectivity index (χ4v) is 4.44. The van der Waals surface area contributed by atoms with Gasteiger partial charge in [-0.15, -0.1) is 0 Å². The van der Waals surface area contributed by atoms with Crippen molar-refractivity contribution in [3.8, 4) is 0 Å². The van der Waals surface area contributed by atoms with Crippen molar-refractivity contribution in [1.82, 2.24) is 9.62 Å². The molecular weight excluding hydrogens is 336 g/mol. The molecule has 1 aromatic carbocycles. The Morgan fingerprint density at radius 3 is 2.76 bits per heavy atom. The number of hydrogen-bond acceptors (Lipinski definition) is 3. The van der Waals surface area contributed by atoms with Crippen LogP contribution in [0.25, 0.3) is 0 Å². The predicted octanol–water partition coefficient (Wildman–Crippen LogP) is 3.56. The van der Waals surface area contributed by atoms with Crippen LogP contribution in [0.4, 0.5) is 0 Å². The molecule has 140 valence electrons. The third kappa shape index (κ3) is 5.28. The first-order chi connectivity index (χ1) is 12.0. The van der Waals surface area contributed by atoms with E-state index in [2.05, 4.69) is 18.6 Å². The van der Waals surface area contributed by atoms with Crippen LogP contribution in [-0.4, -0.2) is 38.4 Å². The van der Waals surface area contributed by atoms with Crippen molar-refractivity contribution in [2.75, 3.05) is 13.1 Å². The molecule has 1 amide bonds. The van der Waals surface area contributed by atoms with Crippen molar-refractivity contribution >= 4 is 15.9 Å². The van der Waals surface area contributed by atoms with Crippen molar-refractivity contribution in [2.45, 2.75) is 69.7 Å². The fourth-order valence-electron chi connectivity index (χ4n) is 3.32. The second-order valence-electron chi connectivity index (χ2n) is 6.69. The van der Waals surface area contributed by atoms with Crippen molar-refractivity contribution < 1.29 is 13.2 Å². The molecule has 0 aromatic heterocycles. The quantitative estimate of drug-likeness (QED) is 0.715. The largest absolute Gasteiger partial charge is 0.336 e. The Hall–Kier alpha value is -1.40. The molecule has 1 aliphatic rings. The molecule has 1 atom stereocenters. The molecule has 2 rings (SSSR count). The number of carbonyl (C=O) groups is 1. The second-order valence-corrected chi connectivity index (χ2v) is 8.46. The first-order valence-corrected chi connectivity index (χ1v) is 10.9. The molecule has 25 heavy (non-hydrogen) atoms. The number of piperidine rings is 1. The Morgan fingerprint density at radius 2 is 2.04 bits per heavy atom. The van der Waals surface area contributed by atoms with Crippen LogP contribution in [0.15, 0.2) is 29.2 Å². The zero-order valence-corrected chi connectivity index (χ0v) is 16.1. The van der Waals surface area contributed by atoms with Crippen LogP contribution in [0.1, 0.15) is 69.2 Å². The van der Waals surface area contributed by atoms with Crippen molar-refractivity contribution in [1.29, 1.82) is 0 Å². The van der Waals surface area contributed by atoms with Gasteiger partial charge < -0.3 is 4.90 Å². The maximum atomic E-state index is 12.9. The third-order valence-corrected chi connectivity index (χ3v) is 6.28. The van der Waals surface area contributed by atoms with Gasteiger partial charge in [0.15, 0.2) is 0 Å². The molecule has 0 radical (unpaired) electrons. The Morgan fingerprint density at radius 1 is 1.24 bits per heavy atom. The van der Waals surface area contributed by atoms with Gasteiger partial charge in [0.25, 0.3) is 5.91 Å². The van der Waals surface area contributed by atoms with E-state index in [9.17, 15) is 13.2 Å². The number of nitrogens with zero attached hydrogens (tertiary/aromatic N) is 1. The van der Waals surface area contributed by atoms with Gasteiger partial charge in [-0.2, -0.15) is 0 Å².